The second-order valence-corrected chi connectivity index (χ2v) is 3.59. The average Bonchev–Trinajstić information content (AvgIpc) is 2.03. The van der Waals surface area contributed by atoms with Crippen LogP contribution < -0.4 is 0 Å². The lowest BCUT2D eigenvalue weighted by atomic mass is 10.1. The van der Waals surface area contributed by atoms with E-state index < -0.39 is 0 Å². The SMILES string of the molecule is C/C(=C\CO)C1OC(C)CC(C)O1. The molecule has 1 aliphatic rings. The molecule has 3 heteroatoms. The van der Waals surface area contributed by atoms with Crippen LogP contribution in [0.2, 0.25) is 0 Å². The van der Waals surface area contributed by atoms with Gasteiger partial charge in [0.2, 0.25) is 0 Å². The molecule has 1 aliphatic heterocycles. The molecule has 0 bridgehead atoms. The quantitative estimate of drug-likeness (QED) is 0.664. The molecule has 0 saturated carbocycles. The second kappa shape index (κ2) is 4.74. The molecule has 0 amide bonds. The molecular weight excluding hydrogens is 168 g/mol. The van der Waals surface area contributed by atoms with Crippen molar-refractivity contribution in [2.45, 2.75) is 45.7 Å². The fourth-order valence-corrected chi connectivity index (χ4v) is 1.49. The van der Waals surface area contributed by atoms with Gasteiger partial charge in [0.15, 0.2) is 6.29 Å². The molecule has 0 spiro atoms. The van der Waals surface area contributed by atoms with E-state index in [9.17, 15) is 0 Å². The molecule has 2 atom stereocenters. The van der Waals surface area contributed by atoms with Gasteiger partial charge in [-0.2, -0.15) is 0 Å². The Hall–Kier alpha value is -0.380. The van der Waals surface area contributed by atoms with Crippen LogP contribution in [-0.4, -0.2) is 30.2 Å². The first kappa shape index (κ1) is 10.7. The lowest BCUT2D eigenvalue weighted by molar-refractivity contribution is -0.215. The zero-order valence-electron chi connectivity index (χ0n) is 8.49. The summed E-state index contributed by atoms with van der Waals surface area (Å²) in [5.41, 5.74) is 0.945. The third-order valence-electron chi connectivity index (χ3n) is 2.16. The number of ether oxygens (including phenoxy) is 2. The summed E-state index contributed by atoms with van der Waals surface area (Å²) in [4.78, 5) is 0. The van der Waals surface area contributed by atoms with E-state index in [1.54, 1.807) is 6.08 Å². The number of rotatable bonds is 2. The first-order valence-corrected chi connectivity index (χ1v) is 4.72. The Morgan fingerprint density at radius 1 is 1.38 bits per heavy atom. The third kappa shape index (κ3) is 3.10. The van der Waals surface area contributed by atoms with E-state index in [0.29, 0.717) is 0 Å². The summed E-state index contributed by atoms with van der Waals surface area (Å²) >= 11 is 0. The summed E-state index contributed by atoms with van der Waals surface area (Å²) in [7, 11) is 0. The summed E-state index contributed by atoms with van der Waals surface area (Å²) < 4.78 is 11.1. The zero-order valence-corrected chi connectivity index (χ0v) is 8.49. The van der Waals surface area contributed by atoms with Crippen molar-refractivity contribution >= 4 is 0 Å². The minimum Gasteiger partial charge on any atom is -0.392 e. The van der Waals surface area contributed by atoms with Gasteiger partial charge in [-0.3, -0.25) is 0 Å². The van der Waals surface area contributed by atoms with Gasteiger partial charge >= 0.3 is 0 Å². The Labute approximate surface area is 79.3 Å². The van der Waals surface area contributed by atoms with Crippen LogP contribution in [0.5, 0.6) is 0 Å². The van der Waals surface area contributed by atoms with Crippen LogP contribution in [0.3, 0.4) is 0 Å². The van der Waals surface area contributed by atoms with E-state index in [1.165, 1.54) is 0 Å². The molecule has 1 saturated heterocycles. The van der Waals surface area contributed by atoms with E-state index in [4.69, 9.17) is 14.6 Å². The van der Waals surface area contributed by atoms with Gasteiger partial charge in [-0.15, -0.1) is 0 Å². The maximum Gasteiger partial charge on any atom is 0.180 e. The summed E-state index contributed by atoms with van der Waals surface area (Å²) in [5, 5.41) is 8.71. The molecule has 76 valence electrons. The Morgan fingerprint density at radius 2 is 1.92 bits per heavy atom. The van der Waals surface area contributed by atoms with Gasteiger partial charge in [0, 0.05) is 0 Å². The first-order valence-electron chi connectivity index (χ1n) is 4.72. The van der Waals surface area contributed by atoms with Crippen molar-refractivity contribution in [2.24, 2.45) is 0 Å². The van der Waals surface area contributed by atoms with Gasteiger partial charge in [-0.1, -0.05) is 6.08 Å². The standard InChI is InChI=1S/C10H18O3/c1-7(4-5-11)10-12-8(2)6-9(3)13-10/h4,8-11H,5-6H2,1-3H3/b7-4+. The first-order chi connectivity index (χ1) is 6.13. The molecule has 0 aromatic carbocycles. The Bertz CT molecular complexity index is 179. The maximum atomic E-state index is 8.71. The van der Waals surface area contributed by atoms with Gasteiger partial charge in [-0.05, 0) is 32.8 Å². The van der Waals surface area contributed by atoms with Crippen LogP contribution in [0, 0.1) is 0 Å². The fourth-order valence-electron chi connectivity index (χ4n) is 1.49. The lowest BCUT2D eigenvalue weighted by Gasteiger charge is -2.33. The molecule has 1 N–H and O–H groups in total. The molecule has 13 heavy (non-hydrogen) atoms. The molecule has 1 fully saturated rings. The van der Waals surface area contributed by atoms with Crippen LogP contribution in [0.4, 0.5) is 0 Å². The van der Waals surface area contributed by atoms with Crippen molar-refractivity contribution < 1.29 is 14.6 Å². The highest BCUT2D eigenvalue weighted by Crippen LogP contribution is 2.22. The molecule has 0 aromatic rings. The van der Waals surface area contributed by atoms with Crippen LogP contribution >= 0.6 is 0 Å². The topological polar surface area (TPSA) is 38.7 Å². The highest BCUT2D eigenvalue weighted by Gasteiger charge is 2.25. The van der Waals surface area contributed by atoms with Gasteiger partial charge in [0.25, 0.3) is 0 Å². The molecule has 2 unspecified atom stereocenters. The Balaban J connectivity index is 2.54. The summed E-state index contributed by atoms with van der Waals surface area (Å²) in [6, 6.07) is 0. The van der Waals surface area contributed by atoms with Crippen molar-refractivity contribution in [3.63, 3.8) is 0 Å². The number of hydrogen-bond donors (Lipinski definition) is 1. The predicted molar refractivity (Wildman–Crippen MR) is 50.3 cm³/mol. The highest BCUT2D eigenvalue weighted by atomic mass is 16.7. The van der Waals surface area contributed by atoms with Gasteiger partial charge < -0.3 is 14.6 Å². The van der Waals surface area contributed by atoms with E-state index in [0.717, 1.165) is 12.0 Å². The van der Waals surface area contributed by atoms with E-state index >= 15 is 0 Å². The van der Waals surface area contributed by atoms with Crippen molar-refractivity contribution in [3.8, 4) is 0 Å². The predicted octanol–water partition coefficient (Wildman–Crippen LogP) is 1.47. The summed E-state index contributed by atoms with van der Waals surface area (Å²) in [6.07, 6.45) is 2.84. The van der Waals surface area contributed by atoms with Gasteiger partial charge in [0.05, 0.1) is 18.8 Å². The van der Waals surface area contributed by atoms with E-state index in [-0.39, 0.29) is 25.1 Å². The Kier molecular flexibility index (Phi) is 3.90. The minimum atomic E-state index is -0.272. The molecule has 1 heterocycles. The second-order valence-electron chi connectivity index (χ2n) is 3.59. The summed E-state index contributed by atoms with van der Waals surface area (Å²) in [6.45, 7) is 6.03. The average molecular weight is 186 g/mol. The van der Waals surface area contributed by atoms with Gasteiger partial charge in [-0.25, -0.2) is 0 Å². The number of aliphatic hydroxyl groups is 1. The van der Waals surface area contributed by atoms with E-state index in [1.807, 2.05) is 20.8 Å². The lowest BCUT2D eigenvalue weighted by Crippen LogP contribution is -2.36. The smallest absolute Gasteiger partial charge is 0.180 e. The molecule has 0 aromatic heterocycles. The fraction of sp³-hybridized carbons (Fsp3) is 0.800. The van der Waals surface area contributed by atoms with Crippen molar-refractivity contribution in [1.82, 2.24) is 0 Å². The monoisotopic (exact) mass is 186 g/mol. The molecule has 3 nitrogen and oxygen atoms in total. The largest absolute Gasteiger partial charge is 0.392 e. The van der Waals surface area contributed by atoms with Crippen LogP contribution in [0.15, 0.2) is 11.6 Å². The van der Waals surface area contributed by atoms with Gasteiger partial charge in [0.1, 0.15) is 0 Å². The zero-order chi connectivity index (χ0) is 9.84. The molecular formula is C10H18O3. The molecule has 0 aliphatic carbocycles. The van der Waals surface area contributed by atoms with Crippen molar-refractivity contribution in [1.29, 1.82) is 0 Å². The maximum absolute atomic E-state index is 8.71. The number of aliphatic hydroxyl groups excluding tert-OH is 1. The van der Waals surface area contributed by atoms with Crippen molar-refractivity contribution in [2.75, 3.05) is 6.61 Å². The minimum absolute atomic E-state index is 0.0395. The van der Waals surface area contributed by atoms with Crippen LogP contribution in [0.1, 0.15) is 27.2 Å². The highest BCUT2D eigenvalue weighted by molar-refractivity contribution is 5.02. The normalized spacial score (nSPS) is 36.3. The molecule has 0 radical (unpaired) electrons. The van der Waals surface area contributed by atoms with E-state index in [2.05, 4.69) is 0 Å². The Morgan fingerprint density at radius 3 is 2.38 bits per heavy atom. The van der Waals surface area contributed by atoms with Crippen LogP contribution in [-0.2, 0) is 9.47 Å². The van der Waals surface area contributed by atoms with Crippen molar-refractivity contribution in [3.05, 3.63) is 11.6 Å². The third-order valence-corrected chi connectivity index (χ3v) is 2.16. The summed E-state index contributed by atoms with van der Waals surface area (Å²) in [5.74, 6) is 0. The van der Waals surface area contributed by atoms with Crippen LogP contribution in [0.25, 0.3) is 0 Å². The number of hydrogen-bond acceptors (Lipinski definition) is 3. The molecule has 1 rings (SSSR count).